The van der Waals surface area contributed by atoms with E-state index in [0.29, 0.717) is 49.2 Å². The summed E-state index contributed by atoms with van der Waals surface area (Å²) in [6.45, 7) is 2.62. The molecule has 4 rings (SSSR count). The maximum atomic E-state index is 13.3. The molecule has 0 saturated carbocycles. The maximum Gasteiger partial charge on any atom is 0.242 e. The van der Waals surface area contributed by atoms with Gasteiger partial charge in [-0.1, -0.05) is 6.07 Å². The van der Waals surface area contributed by atoms with Crippen molar-refractivity contribution in [3.05, 3.63) is 45.9 Å². The highest BCUT2D eigenvalue weighted by molar-refractivity contribution is 7.13. The molecule has 10 heteroatoms. The Bertz CT molecular complexity index is 1160. The second-order valence-electron chi connectivity index (χ2n) is 7.42. The van der Waals surface area contributed by atoms with Crippen LogP contribution in [0.15, 0.2) is 30.6 Å². The van der Waals surface area contributed by atoms with Crippen molar-refractivity contribution in [2.75, 3.05) is 38.3 Å². The number of thiophene rings is 1. The fourth-order valence-corrected chi connectivity index (χ4v) is 4.73. The van der Waals surface area contributed by atoms with Crippen molar-refractivity contribution in [2.45, 2.75) is 19.1 Å². The smallest absolute Gasteiger partial charge is 0.242 e. The van der Waals surface area contributed by atoms with Gasteiger partial charge in [0.15, 0.2) is 0 Å². The van der Waals surface area contributed by atoms with Crippen LogP contribution in [0.25, 0.3) is 10.9 Å². The van der Waals surface area contributed by atoms with Crippen LogP contribution < -0.4 is 11.5 Å². The summed E-state index contributed by atoms with van der Waals surface area (Å²) in [5.41, 5.74) is 14.0. The molecule has 31 heavy (non-hydrogen) atoms. The molecule has 3 heterocycles. The molecule has 9 nitrogen and oxygen atoms in total. The molecule has 2 aromatic heterocycles. The van der Waals surface area contributed by atoms with Crippen LogP contribution >= 0.6 is 11.3 Å². The van der Waals surface area contributed by atoms with Crippen molar-refractivity contribution in [3.63, 3.8) is 0 Å². The third-order valence-electron chi connectivity index (χ3n) is 5.40. The van der Waals surface area contributed by atoms with Gasteiger partial charge in [0.05, 0.1) is 17.8 Å². The van der Waals surface area contributed by atoms with Gasteiger partial charge in [0.2, 0.25) is 5.91 Å². The van der Waals surface area contributed by atoms with Crippen molar-refractivity contribution in [2.24, 2.45) is 0 Å². The lowest BCUT2D eigenvalue weighted by Gasteiger charge is -2.40. The highest BCUT2D eigenvalue weighted by Gasteiger charge is 2.35. The molecule has 4 N–H and O–H groups in total. The molecule has 0 bridgehead atoms. The molecule has 3 aromatic rings. The molecule has 1 saturated heterocycles. The fourth-order valence-electron chi connectivity index (χ4n) is 3.83. The molecule has 1 atom stereocenters. The molecular weight excluding hydrogens is 414 g/mol. The molecule has 1 unspecified atom stereocenters. The van der Waals surface area contributed by atoms with Gasteiger partial charge in [-0.25, -0.2) is 9.97 Å². The van der Waals surface area contributed by atoms with Crippen LogP contribution in [0.3, 0.4) is 0 Å². The Morgan fingerprint density at radius 2 is 2.10 bits per heavy atom. The lowest BCUT2D eigenvalue weighted by Crippen LogP contribution is -2.57. The molecule has 1 fully saturated rings. The lowest BCUT2D eigenvalue weighted by molar-refractivity contribution is -0.145. The van der Waals surface area contributed by atoms with Crippen LogP contribution in [-0.2, 0) is 22.6 Å². The summed E-state index contributed by atoms with van der Waals surface area (Å²) in [6.07, 6.45) is 1.44. The van der Waals surface area contributed by atoms with E-state index in [1.165, 1.54) is 17.7 Å². The predicted octanol–water partition coefficient (Wildman–Crippen LogP) is 1.59. The zero-order chi connectivity index (χ0) is 22.0. The second-order valence-corrected chi connectivity index (χ2v) is 8.56. The predicted molar refractivity (Wildman–Crippen MR) is 119 cm³/mol. The first-order valence-corrected chi connectivity index (χ1v) is 10.6. The quantitative estimate of drug-likeness (QED) is 0.594. The Morgan fingerprint density at radius 1 is 1.26 bits per heavy atom. The van der Waals surface area contributed by atoms with Crippen LogP contribution in [0.2, 0.25) is 0 Å². The van der Waals surface area contributed by atoms with Crippen molar-refractivity contribution in [1.29, 1.82) is 5.26 Å². The Hall–Kier alpha value is -3.26. The van der Waals surface area contributed by atoms with Gasteiger partial charge in [-0.05, 0) is 23.8 Å². The largest absolute Gasteiger partial charge is 0.397 e. The topological polar surface area (TPSA) is 134 Å². The first kappa shape index (κ1) is 21.0. The number of methoxy groups -OCH3 is 1. The number of hydrogen-bond donors (Lipinski definition) is 2. The average molecular weight is 438 g/mol. The maximum absolute atomic E-state index is 13.3. The number of rotatable bonds is 6. The highest BCUT2D eigenvalue weighted by atomic mass is 32.1. The summed E-state index contributed by atoms with van der Waals surface area (Å²) in [5, 5.41) is 9.94. The first-order chi connectivity index (χ1) is 15.0. The van der Waals surface area contributed by atoms with E-state index in [2.05, 4.69) is 20.9 Å². The van der Waals surface area contributed by atoms with E-state index < -0.39 is 6.04 Å². The monoisotopic (exact) mass is 437 g/mol. The molecule has 160 valence electrons. The summed E-state index contributed by atoms with van der Waals surface area (Å²) in [6, 6.07) is 9.30. The summed E-state index contributed by atoms with van der Waals surface area (Å²) in [5.74, 6) is 0.454. The first-order valence-electron chi connectivity index (χ1n) is 9.79. The van der Waals surface area contributed by atoms with Gasteiger partial charge < -0.3 is 21.1 Å². The van der Waals surface area contributed by atoms with E-state index in [9.17, 15) is 4.79 Å². The number of aromatic nitrogens is 2. The standard InChI is InChI=1S/C21H23N7O2S/c1-30-11-18-21(29)28(5-4-27(18)10-14-7-16(23)19(8-22)31-14)9-13-2-3-15-17(6-13)25-12-26-20(15)24/h2-3,6-7,12,18H,4-5,9-11,23H2,1H3,(H2,24,25,26). The van der Waals surface area contributed by atoms with E-state index in [1.807, 2.05) is 29.2 Å². The van der Waals surface area contributed by atoms with Gasteiger partial charge in [0.1, 0.15) is 29.1 Å². The molecule has 0 spiro atoms. The van der Waals surface area contributed by atoms with E-state index in [4.69, 9.17) is 21.5 Å². The highest BCUT2D eigenvalue weighted by Crippen LogP contribution is 2.27. The SMILES string of the molecule is COCC1C(=O)N(Cc2ccc3c(N)ncnc3c2)CCN1Cc1cc(N)c(C#N)s1. The Balaban J connectivity index is 1.50. The minimum Gasteiger partial charge on any atom is -0.397 e. The molecule has 1 aliphatic rings. The number of anilines is 2. The summed E-state index contributed by atoms with van der Waals surface area (Å²) in [7, 11) is 1.59. The van der Waals surface area contributed by atoms with E-state index >= 15 is 0 Å². The molecule has 0 radical (unpaired) electrons. The third kappa shape index (κ3) is 4.29. The van der Waals surface area contributed by atoms with Gasteiger partial charge >= 0.3 is 0 Å². The second kappa shape index (κ2) is 8.85. The van der Waals surface area contributed by atoms with Gasteiger partial charge in [0.25, 0.3) is 0 Å². The number of nitrogen functional groups attached to an aromatic ring is 2. The number of carbonyl (C=O) groups excluding carboxylic acids is 1. The minimum absolute atomic E-state index is 0.0143. The Morgan fingerprint density at radius 3 is 2.84 bits per heavy atom. The third-order valence-corrected chi connectivity index (χ3v) is 6.44. The average Bonchev–Trinajstić information content (AvgIpc) is 3.12. The number of amides is 1. The van der Waals surface area contributed by atoms with Gasteiger partial charge in [-0.2, -0.15) is 5.26 Å². The summed E-state index contributed by atoms with van der Waals surface area (Å²) < 4.78 is 5.35. The van der Waals surface area contributed by atoms with Gasteiger partial charge in [-0.15, -0.1) is 11.3 Å². The number of hydrogen-bond acceptors (Lipinski definition) is 9. The van der Waals surface area contributed by atoms with Crippen molar-refractivity contribution in [3.8, 4) is 6.07 Å². The Labute approximate surface area is 183 Å². The normalized spacial score (nSPS) is 17.2. The number of piperazine rings is 1. The minimum atomic E-state index is -0.397. The Kier molecular flexibility index (Phi) is 5.99. The van der Waals surface area contributed by atoms with Crippen molar-refractivity contribution < 1.29 is 9.53 Å². The van der Waals surface area contributed by atoms with Crippen molar-refractivity contribution >= 4 is 39.7 Å². The fraction of sp³-hybridized carbons (Fsp3) is 0.333. The number of ether oxygens (including phenoxy) is 1. The van der Waals surface area contributed by atoms with Gasteiger partial charge in [-0.3, -0.25) is 9.69 Å². The molecule has 1 aliphatic heterocycles. The number of nitriles is 1. The van der Waals surface area contributed by atoms with E-state index in [-0.39, 0.29) is 5.91 Å². The van der Waals surface area contributed by atoms with Crippen LogP contribution in [0, 0.1) is 11.3 Å². The van der Waals surface area contributed by atoms with Gasteiger partial charge in [0, 0.05) is 43.6 Å². The van der Waals surface area contributed by atoms with E-state index in [1.54, 1.807) is 7.11 Å². The molecular formula is C21H23N7O2S. The zero-order valence-corrected chi connectivity index (χ0v) is 17.9. The molecule has 1 amide bonds. The summed E-state index contributed by atoms with van der Waals surface area (Å²) >= 11 is 1.36. The molecule has 1 aromatic carbocycles. The number of nitrogens with zero attached hydrogens (tertiary/aromatic N) is 5. The van der Waals surface area contributed by atoms with Crippen LogP contribution in [-0.4, -0.2) is 58.5 Å². The number of carbonyl (C=O) groups is 1. The van der Waals surface area contributed by atoms with Crippen LogP contribution in [0.1, 0.15) is 15.3 Å². The zero-order valence-electron chi connectivity index (χ0n) is 17.1. The van der Waals surface area contributed by atoms with Crippen LogP contribution in [0.5, 0.6) is 0 Å². The van der Waals surface area contributed by atoms with Crippen LogP contribution in [0.4, 0.5) is 11.5 Å². The number of benzene rings is 1. The number of fused-ring (bicyclic) bond motifs is 1. The number of nitrogens with two attached hydrogens (primary N) is 2. The van der Waals surface area contributed by atoms with Crippen molar-refractivity contribution in [1.82, 2.24) is 19.8 Å². The van der Waals surface area contributed by atoms with E-state index in [0.717, 1.165) is 21.3 Å². The summed E-state index contributed by atoms with van der Waals surface area (Å²) in [4.78, 5) is 26.9. The lowest BCUT2D eigenvalue weighted by atomic mass is 10.1. The molecule has 0 aliphatic carbocycles.